The molecule has 0 amide bonds. The molecule has 4 nitrogen and oxygen atoms in total. The van der Waals surface area contributed by atoms with Gasteiger partial charge in [-0.3, -0.25) is 4.90 Å². The second kappa shape index (κ2) is 15.0. The molecule has 3 heterocycles. The third kappa shape index (κ3) is 6.26. The van der Waals surface area contributed by atoms with Crippen LogP contribution in [-0.2, 0) is 14.2 Å². The molecular weight excluding hydrogens is 639 g/mol. The average molecular weight is 716 g/mol. The van der Waals surface area contributed by atoms with Crippen LogP contribution in [-0.4, -0.2) is 59.6 Å². The van der Waals surface area contributed by atoms with Gasteiger partial charge in [-0.05, 0) is 175 Å². The van der Waals surface area contributed by atoms with Gasteiger partial charge in [-0.15, -0.1) is 0 Å². The van der Waals surface area contributed by atoms with Gasteiger partial charge >= 0.3 is 0 Å². The minimum atomic E-state index is 0.516. The lowest BCUT2D eigenvalue weighted by Crippen LogP contribution is -2.54. The van der Waals surface area contributed by atoms with Crippen LogP contribution in [0, 0.1) is 59.2 Å². The first-order valence-electron chi connectivity index (χ1n) is 24.5. The highest BCUT2D eigenvalue weighted by atomic mass is 16.5. The molecule has 0 N–H and O–H groups in total. The first kappa shape index (κ1) is 35.0. The fraction of sp³-hybridized carbons (Fsp3) is 1.00. The molecule has 52 heavy (non-hydrogen) atoms. The van der Waals surface area contributed by atoms with Crippen LogP contribution in [0.3, 0.4) is 0 Å². The Hall–Kier alpha value is -0.160. The molecule has 8 saturated carbocycles. The molecular formula is C48H77NO3. The number of hydrogen-bond acceptors (Lipinski definition) is 4. The van der Waals surface area contributed by atoms with Crippen molar-refractivity contribution in [1.29, 1.82) is 0 Å². The molecule has 11 fully saturated rings. The molecule has 14 unspecified atom stereocenters. The predicted octanol–water partition coefficient (Wildman–Crippen LogP) is 11.3. The van der Waals surface area contributed by atoms with E-state index in [4.69, 9.17) is 14.2 Å². The van der Waals surface area contributed by atoms with E-state index in [-0.39, 0.29) is 0 Å². The monoisotopic (exact) mass is 716 g/mol. The fourth-order valence-electron chi connectivity index (χ4n) is 17.3. The first-order chi connectivity index (χ1) is 25.8. The normalized spacial score (nSPS) is 53.7. The average Bonchev–Trinajstić information content (AvgIpc) is 3.90. The molecule has 3 aliphatic heterocycles. The Morgan fingerprint density at radius 2 is 0.827 bits per heavy atom. The van der Waals surface area contributed by atoms with Crippen LogP contribution in [0.2, 0.25) is 0 Å². The van der Waals surface area contributed by atoms with E-state index >= 15 is 0 Å². The van der Waals surface area contributed by atoms with Crippen molar-refractivity contribution in [3.63, 3.8) is 0 Å². The number of hydrogen-bond donors (Lipinski definition) is 0. The zero-order valence-corrected chi connectivity index (χ0v) is 33.1. The van der Waals surface area contributed by atoms with E-state index in [0.29, 0.717) is 36.6 Å². The zero-order valence-electron chi connectivity index (χ0n) is 33.1. The van der Waals surface area contributed by atoms with Crippen LogP contribution in [0.4, 0.5) is 0 Å². The van der Waals surface area contributed by atoms with Gasteiger partial charge in [0.2, 0.25) is 0 Å². The van der Waals surface area contributed by atoms with Crippen LogP contribution < -0.4 is 0 Å². The van der Waals surface area contributed by atoms with Crippen molar-refractivity contribution < 1.29 is 14.2 Å². The summed E-state index contributed by atoms with van der Waals surface area (Å²) in [7, 11) is 0. The van der Waals surface area contributed by atoms with Crippen molar-refractivity contribution in [1.82, 2.24) is 4.90 Å². The van der Waals surface area contributed by atoms with Crippen molar-refractivity contribution >= 4 is 0 Å². The third-order valence-corrected chi connectivity index (χ3v) is 19.5. The van der Waals surface area contributed by atoms with Gasteiger partial charge in [0.05, 0.1) is 36.6 Å². The molecule has 0 aromatic rings. The molecule has 0 aromatic carbocycles. The summed E-state index contributed by atoms with van der Waals surface area (Å²) in [6, 6.07) is 2.52. The number of ether oxygens (including phenoxy) is 3. The molecule has 14 atom stereocenters. The first-order valence-corrected chi connectivity index (χ1v) is 24.5. The number of nitrogens with zero attached hydrogens (tertiary/aromatic N) is 1. The summed E-state index contributed by atoms with van der Waals surface area (Å²) in [6.07, 6.45) is 45.6. The Morgan fingerprint density at radius 3 is 1.62 bits per heavy atom. The Labute approximate surface area is 318 Å². The van der Waals surface area contributed by atoms with Crippen LogP contribution in [0.5, 0.6) is 0 Å². The van der Waals surface area contributed by atoms with Gasteiger partial charge in [0.1, 0.15) is 0 Å². The molecule has 0 radical (unpaired) electrons. The molecule has 0 aromatic heterocycles. The van der Waals surface area contributed by atoms with E-state index in [9.17, 15) is 0 Å². The van der Waals surface area contributed by atoms with Gasteiger partial charge in [-0.2, -0.15) is 0 Å². The minimum Gasteiger partial charge on any atom is -0.374 e. The van der Waals surface area contributed by atoms with Crippen LogP contribution >= 0.6 is 0 Å². The zero-order chi connectivity index (χ0) is 34.2. The summed E-state index contributed by atoms with van der Waals surface area (Å²) in [5, 5.41) is 0. The van der Waals surface area contributed by atoms with E-state index < -0.39 is 0 Å². The Kier molecular flexibility index (Phi) is 10.1. The molecule has 0 spiro atoms. The van der Waals surface area contributed by atoms with Crippen molar-refractivity contribution in [2.24, 2.45) is 59.2 Å². The highest BCUT2D eigenvalue weighted by Crippen LogP contribution is 2.59. The van der Waals surface area contributed by atoms with E-state index in [2.05, 4.69) is 4.90 Å². The predicted molar refractivity (Wildman–Crippen MR) is 208 cm³/mol. The third-order valence-electron chi connectivity index (χ3n) is 19.5. The lowest BCUT2D eigenvalue weighted by atomic mass is 9.62. The van der Waals surface area contributed by atoms with Crippen LogP contribution in [0.1, 0.15) is 186 Å². The largest absolute Gasteiger partial charge is 0.374 e. The summed E-state index contributed by atoms with van der Waals surface area (Å²) in [6.45, 7) is 0. The van der Waals surface area contributed by atoms with Gasteiger partial charge in [0.25, 0.3) is 0 Å². The maximum Gasteiger partial charge on any atom is 0.0667 e. The van der Waals surface area contributed by atoms with Crippen molar-refractivity contribution in [2.45, 2.75) is 241 Å². The molecule has 8 aliphatic carbocycles. The van der Waals surface area contributed by atoms with Gasteiger partial charge < -0.3 is 14.2 Å². The summed E-state index contributed by atoms with van der Waals surface area (Å²) in [4.78, 5) is 3.31. The van der Waals surface area contributed by atoms with Gasteiger partial charge in [-0.1, -0.05) is 64.2 Å². The molecule has 3 saturated heterocycles. The maximum absolute atomic E-state index is 7.50. The van der Waals surface area contributed by atoms with Gasteiger partial charge in [0.15, 0.2) is 0 Å². The molecule has 11 rings (SSSR count). The van der Waals surface area contributed by atoms with Gasteiger partial charge in [0, 0.05) is 24.0 Å². The lowest BCUT2D eigenvalue weighted by molar-refractivity contribution is -0.0884. The topological polar surface area (TPSA) is 30.9 Å². The number of fused-ring (bicyclic) bond motifs is 10. The molecule has 11 aliphatic rings. The Bertz CT molecular complexity index is 1200. The van der Waals surface area contributed by atoms with Crippen LogP contribution in [0.25, 0.3) is 0 Å². The summed E-state index contributed by atoms with van der Waals surface area (Å²) in [5.74, 6) is 8.81. The Balaban J connectivity index is 0.780. The van der Waals surface area contributed by atoms with E-state index in [0.717, 1.165) is 77.3 Å². The van der Waals surface area contributed by atoms with Crippen molar-refractivity contribution in [2.75, 3.05) is 0 Å². The summed E-state index contributed by atoms with van der Waals surface area (Å²) in [5.41, 5.74) is 0. The smallest absolute Gasteiger partial charge is 0.0667 e. The molecule has 0 bridgehead atoms. The second-order valence-electron chi connectivity index (χ2n) is 21.6. The van der Waals surface area contributed by atoms with E-state index in [1.54, 1.807) is 12.8 Å². The highest BCUT2D eigenvalue weighted by molar-refractivity contribution is 5.08. The lowest BCUT2D eigenvalue weighted by Gasteiger charge is -2.51. The van der Waals surface area contributed by atoms with Crippen molar-refractivity contribution in [3.8, 4) is 0 Å². The Morgan fingerprint density at radius 1 is 0.288 bits per heavy atom. The van der Waals surface area contributed by atoms with Crippen molar-refractivity contribution in [3.05, 3.63) is 0 Å². The maximum atomic E-state index is 7.50. The second-order valence-corrected chi connectivity index (χ2v) is 21.6. The molecule has 292 valence electrons. The summed E-state index contributed by atoms with van der Waals surface area (Å²) < 4.78 is 21.1. The summed E-state index contributed by atoms with van der Waals surface area (Å²) >= 11 is 0. The van der Waals surface area contributed by atoms with E-state index in [1.807, 2.05) is 0 Å². The van der Waals surface area contributed by atoms with E-state index in [1.165, 1.54) is 173 Å². The minimum absolute atomic E-state index is 0.516. The van der Waals surface area contributed by atoms with Crippen LogP contribution in [0.15, 0.2) is 0 Å². The quantitative estimate of drug-likeness (QED) is 0.284. The van der Waals surface area contributed by atoms with Gasteiger partial charge in [-0.25, -0.2) is 0 Å². The fourth-order valence-corrected chi connectivity index (χ4v) is 17.3. The highest BCUT2D eigenvalue weighted by Gasteiger charge is 2.60. The number of rotatable bonds is 5. The SMILES string of the molecule is C1CCC(C2CCC(N(C3CCC(C4CCCC5C6CCC7OC8CCCCC8C7C6OC45)CC3)C3CCC4OC5CCCCC5C4C3)CC2)CC1. The standard InChI is InChI=1S/C48H77NO3/c1-2-9-30(10-3-1)31-17-21-33(22-18-31)49(35-25-27-44-41(29-35)37-11-4-6-15-42(37)50-44)34-23-19-32(20-24-34)36-13-8-14-38-39-26-28-45-46(48(39)52-47(36)38)40-12-5-7-16-43(40)51-45/h30-48H,1-29H2. The molecule has 4 heteroatoms.